The Morgan fingerprint density at radius 3 is 2.59 bits per heavy atom. The van der Waals surface area contributed by atoms with Gasteiger partial charge in [0.25, 0.3) is 0 Å². The van der Waals surface area contributed by atoms with Crippen LogP contribution in [0.1, 0.15) is 65.7 Å². The predicted molar refractivity (Wildman–Crippen MR) is 71.9 cm³/mol. The van der Waals surface area contributed by atoms with Crippen LogP contribution in [-0.2, 0) is 4.74 Å². The first-order chi connectivity index (χ1) is 8.10. The molecule has 0 heterocycles. The Kier molecular flexibility index (Phi) is 4.14. The summed E-state index contributed by atoms with van der Waals surface area (Å²) in [7, 11) is 0. The van der Waals surface area contributed by atoms with Crippen molar-refractivity contribution in [3.63, 3.8) is 0 Å². The summed E-state index contributed by atoms with van der Waals surface area (Å²) < 4.78 is 6.36. The van der Waals surface area contributed by atoms with Gasteiger partial charge in [-0.1, -0.05) is 40.0 Å². The SMILES string of the molecule is CCC1CCCC(OC2CC(N)C2(C)CC)C1. The highest BCUT2D eigenvalue weighted by Crippen LogP contribution is 2.46. The van der Waals surface area contributed by atoms with E-state index in [1.165, 1.54) is 32.1 Å². The van der Waals surface area contributed by atoms with Gasteiger partial charge in [0.2, 0.25) is 0 Å². The second-order valence-electron chi connectivity index (χ2n) is 6.39. The zero-order chi connectivity index (χ0) is 12.5. The lowest BCUT2D eigenvalue weighted by Crippen LogP contribution is -2.61. The van der Waals surface area contributed by atoms with Crippen LogP contribution in [0.4, 0.5) is 0 Å². The monoisotopic (exact) mass is 239 g/mol. The van der Waals surface area contributed by atoms with Crippen molar-refractivity contribution in [1.82, 2.24) is 0 Å². The molecule has 2 heteroatoms. The van der Waals surface area contributed by atoms with Crippen LogP contribution in [0.5, 0.6) is 0 Å². The first-order valence-corrected chi connectivity index (χ1v) is 7.51. The van der Waals surface area contributed by atoms with E-state index in [1.54, 1.807) is 0 Å². The molecule has 2 aliphatic rings. The second-order valence-corrected chi connectivity index (χ2v) is 6.39. The van der Waals surface area contributed by atoms with Crippen molar-refractivity contribution >= 4 is 0 Å². The predicted octanol–water partition coefficient (Wildman–Crippen LogP) is 3.49. The molecular weight excluding hydrogens is 210 g/mol. The highest BCUT2D eigenvalue weighted by atomic mass is 16.5. The average molecular weight is 239 g/mol. The van der Waals surface area contributed by atoms with Gasteiger partial charge in [-0.25, -0.2) is 0 Å². The molecule has 5 unspecified atom stereocenters. The molecule has 5 atom stereocenters. The lowest BCUT2D eigenvalue weighted by atomic mass is 9.62. The third-order valence-electron chi connectivity index (χ3n) is 5.48. The normalized spacial score (nSPS) is 46.6. The van der Waals surface area contributed by atoms with E-state index in [4.69, 9.17) is 10.5 Å². The van der Waals surface area contributed by atoms with Crippen molar-refractivity contribution in [3.8, 4) is 0 Å². The first kappa shape index (κ1) is 13.4. The van der Waals surface area contributed by atoms with Crippen molar-refractivity contribution < 1.29 is 4.74 Å². The van der Waals surface area contributed by atoms with Crippen LogP contribution in [0.3, 0.4) is 0 Å². The molecular formula is C15H29NO. The van der Waals surface area contributed by atoms with Gasteiger partial charge in [-0.15, -0.1) is 0 Å². The zero-order valence-corrected chi connectivity index (χ0v) is 11.7. The van der Waals surface area contributed by atoms with Gasteiger partial charge in [0.05, 0.1) is 12.2 Å². The average Bonchev–Trinajstić information content (AvgIpc) is 2.37. The summed E-state index contributed by atoms with van der Waals surface area (Å²) in [4.78, 5) is 0. The molecule has 0 saturated heterocycles. The van der Waals surface area contributed by atoms with E-state index in [0.29, 0.717) is 18.2 Å². The minimum Gasteiger partial charge on any atom is -0.374 e. The van der Waals surface area contributed by atoms with Gasteiger partial charge >= 0.3 is 0 Å². The van der Waals surface area contributed by atoms with Crippen LogP contribution in [0, 0.1) is 11.3 Å². The van der Waals surface area contributed by atoms with Gasteiger partial charge in [0.15, 0.2) is 0 Å². The number of hydrogen-bond donors (Lipinski definition) is 1. The Hall–Kier alpha value is -0.0800. The molecule has 0 radical (unpaired) electrons. The second kappa shape index (κ2) is 5.27. The van der Waals surface area contributed by atoms with Crippen molar-refractivity contribution in [2.24, 2.45) is 17.1 Å². The molecule has 2 saturated carbocycles. The number of rotatable bonds is 4. The summed E-state index contributed by atoms with van der Waals surface area (Å²) in [6, 6.07) is 0.350. The largest absolute Gasteiger partial charge is 0.374 e. The standard InChI is InChI=1S/C15H29NO/c1-4-11-7-6-8-12(9-11)17-14-10-13(16)15(14,3)5-2/h11-14H,4-10,16H2,1-3H3. The number of nitrogens with two attached hydrogens (primary N) is 1. The summed E-state index contributed by atoms with van der Waals surface area (Å²) in [5.74, 6) is 0.899. The van der Waals surface area contributed by atoms with Crippen LogP contribution >= 0.6 is 0 Å². The molecule has 2 nitrogen and oxygen atoms in total. The molecule has 0 aliphatic heterocycles. The van der Waals surface area contributed by atoms with E-state index in [2.05, 4.69) is 20.8 Å². The van der Waals surface area contributed by atoms with Crippen molar-refractivity contribution in [2.75, 3.05) is 0 Å². The van der Waals surface area contributed by atoms with E-state index in [1.807, 2.05) is 0 Å². The van der Waals surface area contributed by atoms with Crippen LogP contribution in [-0.4, -0.2) is 18.2 Å². The molecule has 0 bridgehead atoms. The Morgan fingerprint density at radius 1 is 1.24 bits per heavy atom. The fourth-order valence-corrected chi connectivity index (χ4v) is 3.52. The Balaban J connectivity index is 1.85. The van der Waals surface area contributed by atoms with E-state index >= 15 is 0 Å². The van der Waals surface area contributed by atoms with Gasteiger partial charge in [-0.3, -0.25) is 0 Å². The molecule has 2 aliphatic carbocycles. The van der Waals surface area contributed by atoms with Gasteiger partial charge in [0.1, 0.15) is 0 Å². The minimum atomic E-state index is 0.235. The van der Waals surface area contributed by atoms with Crippen LogP contribution in [0.2, 0.25) is 0 Å². The molecule has 0 spiro atoms. The van der Waals surface area contributed by atoms with Crippen molar-refractivity contribution in [2.45, 2.75) is 84.0 Å². The van der Waals surface area contributed by atoms with Crippen LogP contribution in [0.15, 0.2) is 0 Å². The maximum atomic E-state index is 6.36. The molecule has 2 fully saturated rings. The smallest absolute Gasteiger partial charge is 0.0662 e. The molecule has 2 N–H and O–H groups in total. The van der Waals surface area contributed by atoms with E-state index < -0.39 is 0 Å². The van der Waals surface area contributed by atoms with Gasteiger partial charge in [0, 0.05) is 11.5 Å². The number of ether oxygens (including phenoxy) is 1. The van der Waals surface area contributed by atoms with Gasteiger partial charge in [-0.2, -0.15) is 0 Å². The van der Waals surface area contributed by atoms with Crippen LogP contribution < -0.4 is 5.73 Å². The molecule has 0 amide bonds. The summed E-state index contributed by atoms with van der Waals surface area (Å²) in [6.07, 6.45) is 9.76. The van der Waals surface area contributed by atoms with E-state index in [9.17, 15) is 0 Å². The first-order valence-electron chi connectivity index (χ1n) is 7.51. The van der Waals surface area contributed by atoms with E-state index in [-0.39, 0.29) is 5.41 Å². The maximum absolute atomic E-state index is 6.36. The summed E-state index contributed by atoms with van der Waals surface area (Å²) in [6.45, 7) is 6.85. The molecule has 17 heavy (non-hydrogen) atoms. The van der Waals surface area contributed by atoms with Crippen LogP contribution in [0.25, 0.3) is 0 Å². The molecule has 0 aromatic carbocycles. The molecule has 0 aromatic rings. The summed E-state index contributed by atoms with van der Waals surface area (Å²) in [5, 5.41) is 0. The Morgan fingerprint density at radius 2 is 2.00 bits per heavy atom. The molecule has 0 aromatic heterocycles. The fourth-order valence-electron chi connectivity index (χ4n) is 3.52. The molecule has 100 valence electrons. The summed E-state index contributed by atoms with van der Waals surface area (Å²) in [5.41, 5.74) is 6.37. The quantitative estimate of drug-likeness (QED) is 0.815. The number of hydrogen-bond acceptors (Lipinski definition) is 2. The van der Waals surface area contributed by atoms with E-state index in [0.717, 1.165) is 18.8 Å². The highest BCUT2D eigenvalue weighted by molar-refractivity contribution is 5.03. The third-order valence-corrected chi connectivity index (χ3v) is 5.48. The van der Waals surface area contributed by atoms with Crippen molar-refractivity contribution in [3.05, 3.63) is 0 Å². The molecule has 2 rings (SSSR count). The fraction of sp³-hybridized carbons (Fsp3) is 1.00. The minimum absolute atomic E-state index is 0.235. The highest BCUT2D eigenvalue weighted by Gasteiger charge is 2.50. The summed E-state index contributed by atoms with van der Waals surface area (Å²) >= 11 is 0. The lowest BCUT2D eigenvalue weighted by Gasteiger charge is -2.53. The van der Waals surface area contributed by atoms with Gasteiger partial charge in [-0.05, 0) is 31.6 Å². The van der Waals surface area contributed by atoms with Gasteiger partial charge < -0.3 is 10.5 Å². The Bertz CT molecular complexity index is 255. The van der Waals surface area contributed by atoms with Crippen molar-refractivity contribution in [1.29, 1.82) is 0 Å². The topological polar surface area (TPSA) is 35.2 Å². The Labute approximate surface area is 106 Å². The maximum Gasteiger partial charge on any atom is 0.0662 e. The zero-order valence-electron chi connectivity index (χ0n) is 11.7. The third kappa shape index (κ3) is 2.53. The lowest BCUT2D eigenvalue weighted by molar-refractivity contribution is -0.159.